The molecule has 0 unspecified atom stereocenters. The first kappa shape index (κ1) is 18.3. The van der Waals surface area contributed by atoms with Crippen molar-refractivity contribution in [2.45, 2.75) is 51.0 Å². The van der Waals surface area contributed by atoms with Gasteiger partial charge >= 0.3 is 0 Å². The smallest absolute Gasteiger partial charge is 0.235 e. The second kappa shape index (κ2) is 5.88. The molecule has 148 valence electrons. The summed E-state index contributed by atoms with van der Waals surface area (Å²) in [5, 5.41) is 0. The Morgan fingerprint density at radius 2 is 1.48 bits per heavy atom. The van der Waals surface area contributed by atoms with Gasteiger partial charge in [-0.1, -0.05) is 63.2 Å². The first-order valence-electron chi connectivity index (χ1n) is 10.4. The van der Waals surface area contributed by atoms with Gasteiger partial charge < -0.3 is 4.90 Å². The van der Waals surface area contributed by atoms with Crippen molar-refractivity contribution in [2.24, 2.45) is 5.41 Å². The van der Waals surface area contributed by atoms with Crippen LogP contribution in [-0.4, -0.2) is 27.8 Å². The molecule has 5 rings (SSSR count). The molecule has 1 heterocycles. The lowest BCUT2D eigenvalue weighted by atomic mass is 9.63. The molecule has 0 radical (unpaired) electrons. The summed E-state index contributed by atoms with van der Waals surface area (Å²) >= 11 is 0. The van der Waals surface area contributed by atoms with Crippen LogP contribution in [0.25, 0.3) is 11.0 Å². The maximum absolute atomic E-state index is 14.0. The number of para-hydroxylation sites is 2. The topological polar surface area (TPSA) is 46.1 Å². The summed E-state index contributed by atoms with van der Waals surface area (Å²) in [5.74, 6) is 0.165. The van der Waals surface area contributed by atoms with Crippen LogP contribution in [0.5, 0.6) is 0 Å². The molecule has 0 N–H and O–H groups in total. The summed E-state index contributed by atoms with van der Waals surface area (Å²) in [6, 6.07) is 18.2. The van der Waals surface area contributed by atoms with Gasteiger partial charge in [0.2, 0.25) is 5.91 Å². The molecule has 4 heteroatoms. The molecule has 4 nitrogen and oxygen atoms in total. The standard InChI is InChI=1S/C25H27N3O/c1-23(2)24(3)14-15-25(23,22(29)28(4)16-17-10-6-5-7-11-17)21-20(24)26-18-12-8-9-13-19(18)27-21/h5-13H,14-16H2,1-4H3/t24-,25-/m1/s1. The van der Waals surface area contributed by atoms with Gasteiger partial charge in [-0.3, -0.25) is 4.79 Å². The van der Waals surface area contributed by atoms with Crippen LogP contribution in [0.4, 0.5) is 0 Å². The van der Waals surface area contributed by atoms with Crippen LogP contribution in [0, 0.1) is 5.41 Å². The van der Waals surface area contributed by atoms with E-state index in [0.29, 0.717) is 6.54 Å². The first-order chi connectivity index (χ1) is 13.8. The Labute approximate surface area is 172 Å². The number of benzene rings is 2. The molecule has 2 aromatic carbocycles. The summed E-state index contributed by atoms with van der Waals surface area (Å²) in [4.78, 5) is 26.0. The van der Waals surface area contributed by atoms with Crippen molar-refractivity contribution < 1.29 is 4.79 Å². The summed E-state index contributed by atoms with van der Waals surface area (Å²) in [5.41, 5.74) is 3.82. The summed E-state index contributed by atoms with van der Waals surface area (Å²) in [7, 11) is 1.92. The normalized spacial score (nSPS) is 26.5. The lowest BCUT2D eigenvalue weighted by Crippen LogP contribution is -2.51. The van der Waals surface area contributed by atoms with E-state index in [4.69, 9.17) is 9.97 Å². The molecule has 0 saturated heterocycles. The van der Waals surface area contributed by atoms with E-state index in [1.807, 2.05) is 54.4 Å². The fourth-order valence-electron chi connectivity index (χ4n) is 5.78. The van der Waals surface area contributed by atoms with Gasteiger partial charge in [-0.05, 0) is 36.0 Å². The van der Waals surface area contributed by atoms with Crippen molar-refractivity contribution in [1.82, 2.24) is 14.9 Å². The van der Waals surface area contributed by atoms with Crippen LogP contribution in [-0.2, 0) is 22.2 Å². The van der Waals surface area contributed by atoms with E-state index in [9.17, 15) is 4.79 Å². The average Bonchev–Trinajstić information content (AvgIpc) is 3.02. The van der Waals surface area contributed by atoms with Crippen molar-refractivity contribution in [3.05, 3.63) is 71.5 Å². The Balaban J connectivity index is 1.66. The lowest BCUT2D eigenvalue weighted by Gasteiger charge is -2.41. The molecule has 2 bridgehead atoms. The number of hydrogen-bond acceptors (Lipinski definition) is 3. The predicted molar refractivity (Wildman–Crippen MR) is 114 cm³/mol. The molecule has 0 spiro atoms. The van der Waals surface area contributed by atoms with Crippen LogP contribution in [0.3, 0.4) is 0 Å². The van der Waals surface area contributed by atoms with Crippen LogP contribution >= 0.6 is 0 Å². The van der Waals surface area contributed by atoms with E-state index in [1.165, 1.54) is 0 Å². The van der Waals surface area contributed by atoms with Gasteiger partial charge in [0.1, 0.15) is 0 Å². The molecule has 1 saturated carbocycles. The zero-order chi connectivity index (χ0) is 20.4. The van der Waals surface area contributed by atoms with Crippen molar-refractivity contribution in [2.75, 3.05) is 7.05 Å². The number of fused-ring (bicyclic) bond motifs is 6. The number of nitrogens with zero attached hydrogens (tertiary/aromatic N) is 3. The number of rotatable bonds is 3. The third-order valence-corrected chi connectivity index (χ3v) is 7.92. The van der Waals surface area contributed by atoms with E-state index in [0.717, 1.165) is 40.8 Å². The van der Waals surface area contributed by atoms with Crippen LogP contribution in [0.1, 0.15) is 50.6 Å². The maximum Gasteiger partial charge on any atom is 0.235 e. The third kappa shape index (κ3) is 2.17. The highest BCUT2D eigenvalue weighted by Gasteiger charge is 2.73. The van der Waals surface area contributed by atoms with Crippen LogP contribution in [0.2, 0.25) is 0 Å². The van der Waals surface area contributed by atoms with Gasteiger partial charge in [0.15, 0.2) is 0 Å². The monoisotopic (exact) mass is 385 g/mol. The molecule has 1 fully saturated rings. The number of carbonyl (C=O) groups is 1. The molecule has 29 heavy (non-hydrogen) atoms. The molecule has 2 aliphatic rings. The third-order valence-electron chi connectivity index (χ3n) is 7.92. The van der Waals surface area contributed by atoms with Gasteiger partial charge in [-0.15, -0.1) is 0 Å². The molecule has 2 aliphatic carbocycles. The van der Waals surface area contributed by atoms with E-state index >= 15 is 0 Å². The van der Waals surface area contributed by atoms with E-state index in [-0.39, 0.29) is 16.7 Å². The molecule has 2 atom stereocenters. The second-order valence-corrected chi connectivity index (χ2v) is 9.42. The minimum atomic E-state index is -0.627. The Bertz CT molecular complexity index is 1120. The number of carbonyl (C=O) groups excluding carboxylic acids is 1. The Kier molecular flexibility index (Phi) is 3.71. The van der Waals surface area contributed by atoms with E-state index in [2.05, 4.69) is 32.9 Å². The minimum Gasteiger partial charge on any atom is -0.341 e. The number of aromatic nitrogens is 2. The molecular weight excluding hydrogens is 358 g/mol. The van der Waals surface area contributed by atoms with Crippen LogP contribution < -0.4 is 0 Å². The molecule has 1 aromatic heterocycles. The minimum absolute atomic E-state index is 0.150. The quantitative estimate of drug-likeness (QED) is 0.661. The number of amides is 1. The van der Waals surface area contributed by atoms with Crippen molar-refractivity contribution in [3.63, 3.8) is 0 Å². The highest BCUT2D eigenvalue weighted by atomic mass is 16.2. The van der Waals surface area contributed by atoms with E-state index < -0.39 is 5.41 Å². The Hall–Kier alpha value is -2.75. The maximum atomic E-state index is 14.0. The summed E-state index contributed by atoms with van der Waals surface area (Å²) < 4.78 is 0. The summed E-state index contributed by atoms with van der Waals surface area (Å²) in [6.45, 7) is 7.35. The van der Waals surface area contributed by atoms with Gasteiger partial charge in [0.25, 0.3) is 0 Å². The summed E-state index contributed by atoms with van der Waals surface area (Å²) in [6.07, 6.45) is 1.79. The second-order valence-electron chi connectivity index (χ2n) is 9.42. The Morgan fingerprint density at radius 1 is 0.897 bits per heavy atom. The van der Waals surface area contributed by atoms with Gasteiger partial charge in [-0.25, -0.2) is 9.97 Å². The first-order valence-corrected chi connectivity index (χ1v) is 10.4. The van der Waals surface area contributed by atoms with Crippen LogP contribution in [0.15, 0.2) is 54.6 Å². The molecule has 3 aromatic rings. The van der Waals surface area contributed by atoms with Crippen molar-refractivity contribution in [1.29, 1.82) is 0 Å². The number of likely N-dealkylation sites (N-methyl/N-ethyl adjacent to an activating group) is 1. The van der Waals surface area contributed by atoms with Crippen molar-refractivity contribution in [3.8, 4) is 0 Å². The predicted octanol–water partition coefficient (Wildman–Crippen LogP) is 4.62. The highest BCUT2D eigenvalue weighted by molar-refractivity contribution is 5.92. The zero-order valence-corrected chi connectivity index (χ0v) is 17.6. The van der Waals surface area contributed by atoms with Crippen molar-refractivity contribution >= 4 is 16.9 Å². The zero-order valence-electron chi connectivity index (χ0n) is 17.6. The highest BCUT2D eigenvalue weighted by Crippen LogP contribution is 2.70. The van der Waals surface area contributed by atoms with Gasteiger partial charge in [-0.2, -0.15) is 0 Å². The fourth-order valence-corrected chi connectivity index (χ4v) is 5.78. The molecule has 1 amide bonds. The molecule has 0 aliphatic heterocycles. The lowest BCUT2D eigenvalue weighted by molar-refractivity contribution is -0.140. The largest absolute Gasteiger partial charge is 0.341 e. The Morgan fingerprint density at radius 3 is 2.14 bits per heavy atom. The van der Waals surface area contributed by atoms with Gasteiger partial charge in [0, 0.05) is 19.0 Å². The van der Waals surface area contributed by atoms with Gasteiger partial charge in [0.05, 0.1) is 27.8 Å². The average molecular weight is 386 g/mol. The number of hydrogen-bond donors (Lipinski definition) is 0. The SMILES string of the molecule is CN(Cc1ccccc1)C(=O)[C@@]12CC[C@](C)(c3nc4ccccc4nc31)C2(C)C. The van der Waals surface area contributed by atoms with E-state index in [1.54, 1.807) is 0 Å². The molecular formula is C25H27N3O. The fraction of sp³-hybridized carbons (Fsp3) is 0.400.